The highest BCUT2D eigenvalue weighted by atomic mass is 127. The molecule has 114 valence electrons. The Morgan fingerprint density at radius 1 is 0.783 bits per heavy atom. The molecule has 0 radical (unpaired) electrons. The Morgan fingerprint density at radius 2 is 1.35 bits per heavy atom. The van der Waals surface area contributed by atoms with Crippen molar-refractivity contribution < 1.29 is 32.9 Å². The average molecular weight is 415 g/mol. The van der Waals surface area contributed by atoms with Crippen LogP contribution in [0.15, 0.2) is 72.9 Å². The summed E-state index contributed by atoms with van der Waals surface area (Å²) in [6.07, 6.45) is 1.77. The van der Waals surface area contributed by atoms with Crippen LogP contribution in [0.4, 0.5) is 4.39 Å². The molecule has 1 aromatic heterocycles. The third kappa shape index (κ3) is 2.70. The van der Waals surface area contributed by atoms with Crippen LogP contribution in [-0.4, -0.2) is 0 Å². The van der Waals surface area contributed by atoms with Crippen molar-refractivity contribution in [3.05, 3.63) is 78.9 Å². The number of aromatic nitrogens is 1. The summed E-state index contributed by atoms with van der Waals surface area (Å²) in [5.41, 5.74) is 2.00. The van der Waals surface area contributed by atoms with Gasteiger partial charge in [0.25, 0.3) is 0 Å². The number of pyridine rings is 1. The first-order valence-corrected chi connectivity index (χ1v) is 7.30. The molecule has 0 atom stereocenters. The van der Waals surface area contributed by atoms with E-state index in [-0.39, 0.29) is 29.9 Å². The van der Waals surface area contributed by atoms with Gasteiger partial charge in [-0.1, -0.05) is 48.5 Å². The number of aryl methyl sites for hydroxylation is 1. The molecule has 0 aliphatic carbocycles. The number of benzene rings is 3. The van der Waals surface area contributed by atoms with Crippen molar-refractivity contribution in [2.45, 2.75) is 0 Å². The highest BCUT2D eigenvalue weighted by molar-refractivity contribution is 6.12. The van der Waals surface area contributed by atoms with Gasteiger partial charge >= 0.3 is 5.95 Å². The zero-order valence-electron chi connectivity index (χ0n) is 12.6. The lowest BCUT2D eigenvalue weighted by atomic mass is 9.92. The SMILES string of the molecule is C[n+]1ccc(-c2c3ccccc3cc3ccccc23)cc1F.[I-]. The van der Waals surface area contributed by atoms with Crippen LogP contribution in [0.5, 0.6) is 0 Å². The number of rotatable bonds is 1. The van der Waals surface area contributed by atoms with Gasteiger partial charge in [-0.15, -0.1) is 4.39 Å². The summed E-state index contributed by atoms with van der Waals surface area (Å²) in [6, 6.07) is 22.3. The van der Waals surface area contributed by atoms with E-state index in [1.165, 1.54) is 15.3 Å². The van der Waals surface area contributed by atoms with Gasteiger partial charge in [0.15, 0.2) is 6.20 Å². The minimum atomic E-state index is -0.241. The van der Waals surface area contributed by atoms with Crippen molar-refractivity contribution in [3.63, 3.8) is 0 Å². The Morgan fingerprint density at radius 3 is 1.91 bits per heavy atom. The van der Waals surface area contributed by atoms with Gasteiger partial charge in [-0.2, -0.15) is 4.57 Å². The summed E-state index contributed by atoms with van der Waals surface area (Å²) >= 11 is 0. The van der Waals surface area contributed by atoms with E-state index < -0.39 is 0 Å². The lowest BCUT2D eigenvalue weighted by Gasteiger charge is -2.11. The lowest BCUT2D eigenvalue weighted by Crippen LogP contribution is -3.00. The molecule has 0 saturated heterocycles. The fourth-order valence-corrected chi connectivity index (χ4v) is 3.02. The minimum Gasteiger partial charge on any atom is -1.00 e. The molecule has 0 fully saturated rings. The van der Waals surface area contributed by atoms with E-state index in [2.05, 4.69) is 30.3 Å². The van der Waals surface area contributed by atoms with E-state index >= 15 is 0 Å². The van der Waals surface area contributed by atoms with Crippen LogP contribution in [-0.2, 0) is 7.05 Å². The van der Waals surface area contributed by atoms with Crippen LogP contribution in [0.1, 0.15) is 0 Å². The highest BCUT2D eigenvalue weighted by Gasteiger charge is 2.13. The quantitative estimate of drug-likeness (QED) is 0.193. The van der Waals surface area contributed by atoms with E-state index in [1.807, 2.05) is 30.3 Å². The second-order valence-corrected chi connectivity index (χ2v) is 5.54. The number of hydrogen-bond donors (Lipinski definition) is 0. The summed E-state index contributed by atoms with van der Waals surface area (Å²) in [6.45, 7) is 0. The molecule has 0 aliphatic heterocycles. The highest BCUT2D eigenvalue weighted by Crippen LogP contribution is 2.36. The van der Waals surface area contributed by atoms with Gasteiger partial charge in [0, 0.05) is 6.07 Å². The molecule has 0 amide bonds. The molecule has 0 saturated carbocycles. The van der Waals surface area contributed by atoms with Gasteiger partial charge in [0.1, 0.15) is 7.05 Å². The fourth-order valence-electron chi connectivity index (χ4n) is 3.02. The summed E-state index contributed by atoms with van der Waals surface area (Å²) in [5, 5.41) is 4.64. The number of halogens is 2. The maximum Gasteiger partial charge on any atom is 0.359 e. The van der Waals surface area contributed by atoms with Crippen molar-refractivity contribution in [2.24, 2.45) is 7.05 Å². The molecule has 0 aliphatic rings. The zero-order valence-corrected chi connectivity index (χ0v) is 14.8. The van der Waals surface area contributed by atoms with Gasteiger partial charge in [0.05, 0.1) is 6.07 Å². The molecule has 1 nitrogen and oxygen atoms in total. The van der Waals surface area contributed by atoms with Gasteiger partial charge in [-0.3, -0.25) is 0 Å². The first-order chi connectivity index (χ1) is 10.7. The Balaban J connectivity index is 0.00000156. The van der Waals surface area contributed by atoms with E-state index in [1.54, 1.807) is 19.3 Å². The van der Waals surface area contributed by atoms with Crippen LogP contribution >= 0.6 is 0 Å². The van der Waals surface area contributed by atoms with Crippen LogP contribution < -0.4 is 28.5 Å². The van der Waals surface area contributed by atoms with Gasteiger partial charge < -0.3 is 24.0 Å². The number of hydrogen-bond acceptors (Lipinski definition) is 0. The Labute approximate surface area is 151 Å². The Bertz CT molecular complexity index is 957. The molecule has 3 heteroatoms. The Kier molecular flexibility index (Phi) is 4.31. The first-order valence-electron chi connectivity index (χ1n) is 7.30. The van der Waals surface area contributed by atoms with Crippen molar-refractivity contribution in [2.75, 3.05) is 0 Å². The van der Waals surface area contributed by atoms with Crippen molar-refractivity contribution >= 4 is 21.5 Å². The molecule has 0 spiro atoms. The van der Waals surface area contributed by atoms with Crippen molar-refractivity contribution in [3.8, 4) is 11.1 Å². The van der Waals surface area contributed by atoms with Gasteiger partial charge in [-0.05, 0) is 38.7 Å². The molecule has 3 aromatic carbocycles. The van der Waals surface area contributed by atoms with Crippen LogP contribution in [0.2, 0.25) is 0 Å². The zero-order chi connectivity index (χ0) is 15.1. The third-order valence-corrected chi connectivity index (χ3v) is 4.15. The van der Waals surface area contributed by atoms with Crippen LogP contribution in [0, 0.1) is 5.95 Å². The molecular weight excluding hydrogens is 400 g/mol. The second-order valence-electron chi connectivity index (χ2n) is 5.54. The van der Waals surface area contributed by atoms with E-state index in [4.69, 9.17) is 0 Å². The molecule has 4 aromatic rings. The number of fused-ring (bicyclic) bond motifs is 2. The van der Waals surface area contributed by atoms with E-state index in [0.717, 1.165) is 21.9 Å². The summed E-state index contributed by atoms with van der Waals surface area (Å²) in [4.78, 5) is 0. The van der Waals surface area contributed by atoms with E-state index in [9.17, 15) is 4.39 Å². The topological polar surface area (TPSA) is 3.88 Å². The standard InChI is InChI=1S/C20H15FN.HI/c1-22-11-10-16(13-19(22)21)20-17-8-4-2-6-14(17)12-15-7-3-5-9-18(15)20;/h2-13H,1H3;1H/q+1;/p-1. The van der Waals surface area contributed by atoms with Crippen molar-refractivity contribution in [1.82, 2.24) is 0 Å². The maximum atomic E-state index is 14.0. The smallest absolute Gasteiger partial charge is 0.359 e. The molecule has 0 bridgehead atoms. The molecule has 0 N–H and O–H groups in total. The largest absolute Gasteiger partial charge is 1.00 e. The third-order valence-electron chi connectivity index (χ3n) is 4.15. The van der Waals surface area contributed by atoms with Crippen molar-refractivity contribution in [1.29, 1.82) is 0 Å². The van der Waals surface area contributed by atoms with Gasteiger partial charge in [-0.25, -0.2) is 0 Å². The van der Waals surface area contributed by atoms with E-state index in [0.29, 0.717) is 0 Å². The summed E-state index contributed by atoms with van der Waals surface area (Å²) < 4.78 is 15.5. The monoisotopic (exact) mass is 415 g/mol. The molecule has 0 unspecified atom stereocenters. The lowest BCUT2D eigenvalue weighted by molar-refractivity contribution is -0.700. The van der Waals surface area contributed by atoms with Crippen LogP contribution in [0.25, 0.3) is 32.7 Å². The minimum absolute atomic E-state index is 0. The Hall–Kier alpha value is -2.01. The predicted molar refractivity (Wildman–Crippen MR) is 88.0 cm³/mol. The normalized spacial score (nSPS) is 10.7. The van der Waals surface area contributed by atoms with Crippen LogP contribution in [0.3, 0.4) is 0 Å². The number of nitrogens with zero attached hydrogens (tertiary/aromatic N) is 1. The fraction of sp³-hybridized carbons (Fsp3) is 0.0500. The van der Waals surface area contributed by atoms with Gasteiger partial charge in [0.2, 0.25) is 0 Å². The first kappa shape index (κ1) is 15.9. The second kappa shape index (κ2) is 6.24. The molecule has 1 heterocycles. The molecular formula is C20H15FIN. The molecule has 4 rings (SSSR count). The maximum absolute atomic E-state index is 14.0. The summed E-state index contributed by atoms with van der Waals surface area (Å²) in [7, 11) is 1.71. The molecule has 23 heavy (non-hydrogen) atoms. The predicted octanol–water partition coefficient (Wildman–Crippen LogP) is 1.63. The average Bonchev–Trinajstić information content (AvgIpc) is 2.55. The summed E-state index contributed by atoms with van der Waals surface area (Å²) in [5.74, 6) is -0.241.